The highest BCUT2D eigenvalue weighted by Crippen LogP contribution is 2.15. The average Bonchev–Trinajstić information content (AvgIpc) is 2.29. The highest BCUT2D eigenvalue weighted by atomic mass is 79.9. The molecule has 0 heterocycles. The summed E-state index contributed by atoms with van der Waals surface area (Å²) in [5.41, 5.74) is -0.197. The van der Waals surface area contributed by atoms with Crippen LogP contribution in [-0.4, -0.2) is 23.3 Å². The first kappa shape index (κ1) is 15.0. The van der Waals surface area contributed by atoms with Gasteiger partial charge in [0.25, 0.3) is 0 Å². The number of anilines is 1. The summed E-state index contributed by atoms with van der Waals surface area (Å²) in [5.74, 6) is 0.0745. The van der Waals surface area contributed by atoms with Crippen molar-refractivity contribution in [3.63, 3.8) is 0 Å². The normalized spacial score (nSPS) is 14.1. The topological polar surface area (TPSA) is 61.4 Å². The molecule has 0 saturated heterocycles. The average molecular weight is 315 g/mol. The number of hydrogen-bond donors (Lipinski definition) is 3. The van der Waals surface area contributed by atoms with E-state index in [0.717, 1.165) is 4.47 Å². The lowest BCUT2D eigenvalue weighted by Crippen LogP contribution is -2.45. The maximum absolute atomic E-state index is 11.6. The van der Waals surface area contributed by atoms with E-state index in [-0.39, 0.29) is 18.5 Å². The van der Waals surface area contributed by atoms with Gasteiger partial charge in [0, 0.05) is 16.7 Å². The Morgan fingerprint density at radius 3 is 2.44 bits per heavy atom. The molecule has 1 aromatic rings. The number of amides is 2. The molecular weight excluding hydrogens is 296 g/mol. The number of carbonyl (C=O) groups excluding carboxylic acids is 1. The number of halogens is 1. The van der Waals surface area contributed by atoms with Crippen LogP contribution in [0, 0.1) is 5.92 Å². The minimum atomic E-state index is -0.906. The first-order valence-corrected chi connectivity index (χ1v) is 6.63. The summed E-state index contributed by atoms with van der Waals surface area (Å²) < 4.78 is 0.955. The number of nitrogens with one attached hydrogen (secondary N) is 2. The molecule has 1 rings (SSSR count). The van der Waals surface area contributed by atoms with E-state index in [9.17, 15) is 9.90 Å². The summed E-state index contributed by atoms with van der Waals surface area (Å²) in [6, 6.07) is 6.96. The van der Waals surface area contributed by atoms with Gasteiger partial charge in [0.1, 0.15) is 0 Å². The van der Waals surface area contributed by atoms with Gasteiger partial charge >= 0.3 is 6.03 Å². The predicted octanol–water partition coefficient (Wildman–Crippen LogP) is 2.98. The second-order valence-electron chi connectivity index (χ2n) is 4.83. The zero-order chi connectivity index (χ0) is 13.8. The van der Waals surface area contributed by atoms with Crippen LogP contribution in [0.1, 0.15) is 20.8 Å². The van der Waals surface area contributed by atoms with Gasteiger partial charge < -0.3 is 15.7 Å². The number of rotatable bonds is 4. The van der Waals surface area contributed by atoms with Gasteiger partial charge in [0.05, 0.1) is 5.60 Å². The third-order valence-corrected chi connectivity index (χ3v) is 3.48. The van der Waals surface area contributed by atoms with Crippen LogP contribution in [-0.2, 0) is 0 Å². The van der Waals surface area contributed by atoms with Crippen molar-refractivity contribution in [2.45, 2.75) is 26.4 Å². The van der Waals surface area contributed by atoms with E-state index in [1.807, 2.05) is 26.0 Å². The Morgan fingerprint density at radius 2 is 1.94 bits per heavy atom. The number of hydrogen-bond acceptors (Lipinski definition) is 2. The quantitative estimate of drug-likeness (QED) is 0.800. The van der Waals surface area contributed by atoms with Crippen LogP contribution < -0.4 is 10.6 Å². The molecule has 0 aliphatic carbocycles. The third-order valence-electron chi connectivity index (χ3n) is 2.95. The molecule has 5 heteroatoms. The smallest absolute Gasteiger partial charge is 0.319 e. The van der Waals surface area contributed by atoms with E-state index in [1.54, 1.807) is 19.1 Å². The van der Waals surface area contributed by atoms with Crippen molar-refractivity contribution in [3.05, 3.63) is 28.7 Å². The molecule has 0 aliphatic heterocycles. The second-order valence-corrected chi connectivity index (χ2v) is 5.74. The first-order chi connectivity index (χ1) is 8.31. The fraction of sp³-hybridized carbons (Fsp3) is 0.462. The minimum Gasteiger partial charge on any atom is -0.388 e. The highest BCUT2D eigenvalue weighted by Gasteiger charge is 2.25. The standard InChI is InChI=1S/C13H19BrN2O2/c1-9(2)13(3,18)8-15-12(17)16-11-6-4-10(14)5-7-11/h4-7,9,18H,8H2,1-3H3,(H2,15,16,17). The van der Waals surface area contributed by atoms with Gasteiger partial charge in [-0.2, -0.15) is 0 Å². The van der Waals surface area contributed by atoms with E-state index in [0.29, 0.717) is 5.69 Å². The van der Waals surface area contributed by atoms with Gasteiger partial charge in [-0.15, -0.1) is 0 Å². The van der Waals surface area contributed by atoms with Crippen molar-refractivity contribution in [2.75, 3.05) is 11.9 Å². The van der Waals surface area contributed by atoms with Gasteiger partial charge in [0.15, 0.2) is 0 Å². The molecule has 1 atom stereocenters. The van der Waals surface area contributed by atoms with Gasteiger partial charge in [-0.25, -0.2) is 4.79 Å². The summed E-state index contributed by atoms with van der Waals surface area (Å²) in [4.78, 5) is 11.6. The fourth-order valence-electron chi connectivity index (χ4n) is 1.17. The van der Waals surface area contributed by atoms with Crippen LogP contribution in [0.15, 0.2) is 28.7 Å². The molecule has 2 amide bonds. The van der Waals surface area contributed by atoms with Gasteiger partial charge in [-0.3, -0.25) is 0 Å². The molecular formula is C13H19BrN2O2. The minimum absolute atomic E-state index is 0.0745. The summed E-state index contributed by atoms with van der Waals surface area (Å²) in [5, 5.41) is 15.3. The first-order valence-electron chi connectivity index (χ1n) is 5.84. The molecule has 0 fully saturated rings. The summed E-state index contributed by atoms with van der Waals surface area (Å²) >= 11 is 3.32. The molecule has 0 aromatic heterocycles. The highest BCUT2D eigenvalue weighted by molar-refractivity contribution is 9.10. The van der Waals surface area contributed by atoms with E-state index in [4.69, 9.17) is 0 Å². The molecule has 18 heavy (non-hydrogen) atoms. The van der Waals surface area contributed by atoms with Crippen LogP contribution in [0.4, 0.5) is 10.5 Å². The van der Waals surface area contributed by atoms with Crippen molar-refractivity contribution in [1.82, 2.24) is 5.32 Å². The summed E-state index contributed by atoms with van der Waals surface area (Å²) in [6.07, 6.45) is 0. The molecule has 0 radical (unpaired) electrons. The lowest BCUT2D eigenvalue weighted by molar-refractivity contribution is 0.0170. The van der Waals surface area contributed by atoms with Gasteiger partial charge in [-0.05, 0) is 37.1 Å². The maximum Gasteiger partial charge on any atom is 0.319 e. The number of carbonyl (C=O) groups is 1. The Kier molecular flexibility index (Phi) is 5.16. The zero-order valence-corrected chi connectivity index (χ0v) is 12.4. The second kappa shape index (κ2) is 6.20. The predicted molar refractivity (Wildman–Crippen MR) is 76.6 cm³/mol. The third kappa shape index (κ3) is 4.66. The van der Waals surface area contributed by atoms with Crippen molar-refractivity contribution in [1.29, 1.82) is 0 Å². The lowest BCUT2D eigenvalue weighted by atomic mass is 9.93. The lowest BCUT2D eigenvalue weighted by Gasteiger charge is -2.27. The Hall–Kier alpha value is -1.07. The van der Waals surface area contributed by atoms with E-state index < -0.39 is 5.60 Å². The molecule has 1 unspecified atom stereocenters. The Morgan fingerprint density at radius 1 is 1.39 bits per heavy atom. The molecule has 3 N–H and O–H groups in total. The zero-order valence-electron chi connectivity index (χ0n) is 10.8. The molecule has 100 valence electrons. The van der Waals surface area contributed by atoms with Crippen molar-refractivity contribution >= 4 is 27.6 Å². The fourth-order valence-corrected chi connectivity index (χ4v) is 1.44. The van der Waals surface area contributed by atoms with Crippen LogP contribution in [0.25, 0.3) is 0 Å². The molecule has 0 spiro atoms. The van der Waals surface area contributed by atoms with Crippen molar-refractivity contribution < 1.29 is 9.90 Å². The molecule has 0 aliphatic rings. The summed E-state index contributed by atoms with van der Waals surface area (Å²) in [7, 11) is 0. The van der Waals surface area contributed by atoms with E-state index in [1.165, 1.54) is 0 Å². The molecule has 0 bridgehead atoms. The largest absolute Gasteiger partial charge is 0.388 e. The van der Waals surface area contributed by atoms with Crippen LogP contribution in [0.3, 0.4) is 0 Å². The van der Waals surface area contributed by atoms with E-state index >= 15 is 0 Å². The Balaban J connectivity index is 2.45. The number of benzene rings is 1. The molecule has 1 aromatic carbocycles. The Labute approximate surface area is 116 Å². The van der Waals surface area contributed by atoms with Crippen LogP contribution in [0.2, 0.25) is 0 Å². The SMILES string of the molecule is CC(C)C(C)(O)CNC(=O)Nc1ccc(Br)cc1. The van der Waals surface area contributed by atoms with Gasteiger partial charge in [-0.1, -0.05) is 29.8 Å². The Bertz CT molecular complexity index is 402. The maximum atomic E-state index is 11.6. The summed E-state index contributed by atoms with van der Waals surface area (Å²) in [6.45, 7) is 5.74. The van der Waals surface area contributed by atoms with Crippen LogP contribution >= 0.6 is 15.9 Å². The monoisotopic (exact) mass is 314 g/mol. The molecule has 0 saturated carbocycles. The molecule has 4 nitrogen and oxygen atoms in total. The van der Waals surface area contributed by atoms with Crippen molar-refractivity contribution in [3.8, 4) is 0 Å². The number of urea groups is 1. The van der Waals surface area contributed by atoms with Crippen molar-refractivity contribution in [2.24, 2.45) is 5.92 Å². The van der Waals surface area contributed by atoms with Gasteiger partial charge in [0.2, 0.25) is 0 Å². The van der Waals surface area contributed by atoms with E-state index in [2.05, 4.69) is 26.6 Å². The number of aliphatic hydroxyl groups is 1. The van der Waals surface area contributed by atoms with Crippen LogP contribution in [0.5, 0.6) is 0 Å².